The monoisotopic (exact) mass is 603 g/mol. The Morgan fingerprint density at radius 1 is 0.383 bits per heavy atom. The van der Waals surface area contributed by atoms with Gasteiger partial charge in [-0.3, -0.25) is 0 Å². The van der Waals surface area contributed by atoms with Crippen LogP contribution in [-0.2, 0) is 0 Å². The van der Waals surface area contributed by atoms with Gasteiger partial charge in [0.25, 0.3) is 0 Å². The molecule has 9 rings (SSSR count). The average molecular weight is 604 g/mol. The third-order valence-corrected chi connectivity index (χ3v) is 8.46. The van der Waals surface area contributed by atoms with Gasteiger partial charge >= 0.3 is 0 Å². The van der Waals surface area contributed by atoms with Crippen molar-refractivity contribution in [2.24, 2.45) is 0 Å². The Balaban J connectivity index is 1.14. The van der Waals surface area contributed by atoms with Crippen LogP contribution in [0.15, 0.2) is 156 Å². The molecule has 0 saturated heterocycles. The highest BCUT2D eigenvalue weighted by atomic mass is 16.3. The van der Waals surface area contributed by atoms with Gasteiger partial charge in [-0.2, -0.15) is 0 Å². The highest BCUT2D eigenvalue weighted by molar-refractivity contribution is 6.12. The molecule has 0 aliphatic carbocycles. The molecule has 0 radical (unpaired) electrons. The summed E-state index contributed by atoms with van der Waals surface area (Å²) in [5, 5.41) is 13.5. The fraction of sp³-hybridized carbons (Fsp3) is 0. The molecule has 0 aliphatic heterocycles. The van der Waals surface area contributed by atoms with Gasteiger partial charge in [-0.25, -0.2) is 15.0 Å². The van der Waals surface area contributed by atoms with Crippen LogP contribution >= 0.6 is 0 Å². The molecule has 47 heavy (non-hydrogen) atoms. The predicted molar refractivity (Wildman–Crippen MR) is 187 cm³/mol. The van der Waals surface area contributed by atoms with Gasteiger partial charge in [-0.1, -0.05) is 121 Å². The van der Waals surface area contributed by atoms with Crippen molar-refractivity contribution in [3.8, 4) is 56.7 Å². The maximum Gasteiger partial charge on any atom is 0.164 e. The lowest BCUT2D eigenvalue weighted by molar-refractivity contribution is 0.669. The molecule has 9 aromatic rings. The molecular formula is C41H25N5O. The minimum absolute atomic E-state index is 0.588. The largest absolute Gasteiger partial charge is 0.456 e. The van der Waals surface area contributed by atoms with Crippen LogP contribution in [0.25, 0.3) is 89.4 Å². The fourth-order valence-electron chi connectivity index (χ4n) is 6.18. The molecule has 0 unspecified atom stereocenters. The van der Waals surface area contributed by atoms with Crippen molar-refractivity contribution in [2.45, 2.75) is 0 Å². The SMILES string of the molecule is c1ccc(-c2nc(-c3ccccc3)nc(-c3cccc4oc5cc(-c6ccc(-c7cccc8ccccc78)nn6)ccc5c34)n2)cc1. The van der Waals surface area contributed by atoms with Crippen molar-refractivity contribution < 1.29 is 4.42 Å². The van der Waals surface area contributed by atoms with Crippen molar-refractivity contribution in [3.05, 3.63) is 152 Å². The van der Waals surface area contributed by atoms with Gasteiger partial charge in [-0.05, 0) is 41.1 Å². The van der Waals surface area contributed by atoms with Gasteiger partial charge in [-0.15, -0.1) is 10.2 Å². The van der Waals surface area contributed by atoms with Gasteiger partial charge in [0.15, 0.2) is 17.5 Å². The molecule has 0 aliphatic rings. The van der Waals surface area contributed by atoms with Crippen molar-refractivity contribution in [1.29, 1.82) is 0 Å². The van der Waals surface area contributed by atoms with E-state index < -0.39 is 0 Å². The van der Waals surface area contributed by atoms with Crippen LogP contribution < -0.4 is 0 Å². The van der Waals surface area contributed by atoms with Crippen LogP contribution in [0.3, 0.4) is 0 Å². The number of hydrogen-bond acceptors (Lipinski definition) is 6. The molecule has 0 spiro atoms. The second-order valence-electron chi connectivity index (χ2n) is 11.4. The van der Waals surface area contributed by atoms with Crippen LogP contribution in [-0.4, -0.2) is 25.1 Å². The summed E-state index contributed by atoms with van der Waals surface area (Å²) in [6.45, 7) is 0. The average Bonchev–Trinajstić information content (AvgIpc) is 3.53. The topological polar surface area (TPSA) is 77.6 Å². The standard InChI is InChI=1S/C41H25N5O/c1-3-12-27(13-4-1)39-42-40(28-14-5-2-6-15-28)44-41(43-39)33-19-10-20-36-38(33)32-22-21-29(25-37(32)47-36)34-23-24-35(46-45-34)31-18-9-16-26-11-7-8-17-30(26)31/h1-25H. The number of hydrogen-bond donors (Lipinski definition) is 0. The molecule has 0 bridgehead atoms. The van der Waals surface area contributed by atoms with E-state index in [1.54, 1.807) is 0 Å². The molecular weight excluding hydrogens is 578 g/mol. The van der Waals surface area contributed by atoms with E-state index in [9.17, 15) is 0 Å². The lowest BCUT2D eigenvalue weighted by atomic mass is 10.0. The lowest BCUT2D eigenvalue weighted by Gasteiger charge is -2.09. The smallest absolute Gasteiger partial charge is 0.164 e. The quantitative estimate of drug-likeness (QED) is 0.195. The van der Waals surface area contributed by atoms with Crippen LogP contribution in [0.4, 0.5) is 0 Å². The summed E-state index contributed by atoms with van der Waals surface area (Å²) in [7, 11) is 0. The Kier molecular flexibility index (Phi) is 6.35. The van der Waals surface area contributed by atoms with Crippen LogP contribution in [0.5, 0.6) is 0 Å². The minimum Gasteiger partial charge on any atom is -0.456 e. The molecule has 3 aromatic heterocycles. The first-order chi connectivity index (χ1) is 23.3. The maximum absolute atomic E-state index is 6.43. The molecule has 0 amide bonds. The summed E-state index contributed by atoms with van der Waals surface area (Å²) in [6.07, 6.45) is 0. The molecule has 0 N–H and O–H groups in total. The Labute approximate surface area is 270 Å². The Bertz CT molecular complexity index is 2500. The van der Waals surface area contributed by atoms with Crippen molar-refractivity contribution in [3.63, 3.8) is 0 Å². The fourth-order valence-corrected chi connectivity index (χ4v) is 6.18. The first kappa shape index (κ1) is 26.8. The highest BCUT2D eigenvalue weighted by Crippen LogP contribution is 2.38. The number of benzene rings is 6. The second-order valence-corrected chi connectivity index (χ2v) is 11.4. The van der Waals surface area contributed by atoms with Gasteiger partial charge in [0.05, 0.1) is 11.4 Å². The molecule has 6 heteroatoms. The zero-order valence-electron chi connectivity index (χ0n) is 25.1. The molecule has 220 valence electrons. The molecule has 6 nitrogen and oxygen atoms in total. The lowest BCUT2D eigenvalue weighted by Crippen LogP contribution is -2.00. The van der Waals surface area contributed by atoms with E-state index >= 15 is 0 Å². The maximum atomic E-state index is 6.43. The predicted octanol–water partition coefficient (Wildman–Crippen LogP) is 10.0. The number of rotatable bonds is 5. The Hall–Kier alpha value is -6.53. The zero-order valence-corrected chi connectivity index (χ0v) is 25.1. The van der Waals surface area contributed by atoms with E-state index in [4.69, 9.17) is 19.4 Å². The Morgan fingerprint density at radius 2 is 1.00 bits per heavy atom. The number of fused-ring (bicyclic) bond motifs is 4. The Morgan fingerprint density at radius 3 is 1.74 bits per heavy atom. The normalized spacial score (nSPS) is 11.4. The molecule has 0 atom stereocenters. The van der Waals surface area contributed by atoms with Crippen LogP contribution in [0.1, 0.15) is 0 Å². The van der Waals surface area contributed by atoms with Crippen molar-refractivity contribution in [2.75, 3.05) is 0 Å². The van der Waals surface area contributed by atoms with E-state index in [1.165, 1.54) is 5.39 Å². The molecule has 0 fully saturated rings. The third kappa shape index (κ3) is 4.80. The van der Waals surface area contributed by atoms with Crippen LogP contribution in [0, 0.1) is 0 Å². The van der Waals surface area contributed by atoms with Crippen molar-refractivity contribution >= 4 is 32.7 Å². The van der Waals surface area contributed by atoms with E-state index in [1.807, 2.05) is 109 Å². The van der Waals surface area contributed by atoms with E-state index in [0.717, 1.165) is 66.5 Å². The van der Waals surface area contributed by atoms with Gasteiger partial charge < -0.3 is 4.42 Å². The highest BCUT2D eigenvalue weighted by Gasteiger charge is 2.18. The summed E-state index contributed by atoms with van der Waals surface area (Å²) in [4.78, 5) is 14.8. The number of aromatic nitrogens is 5. The van der Waals surface area contributed by atoms with Gasteiger partial charge in [0, 0.05) is 38.6 Å². The number of furan rings is 1. The summed E-state index contributed by atoms with van der Waals surface area (Å²) < 4.78 is 6.43. The van der Waals surface area contributed by atoms with Crippen molar-refractivity contribution in [1.82, 2.24) is 25.1 Å². The second kappa shape index (κ2) is 11.1. The van der Waals surface area contributed by atoms with Gasteiger partial charge in [0.2, 0.25) is 0 Å². The molecule has 6 aromatic carbocycles. The zero-order chi connectivity index (χ0) is 31.2. The van der Waals surface area contributed by atoms with Gasteiger partial charge in [0.1, 0.15) is 11.2 Å². The van der Waals surface area contributed by atoms with E-state index in [2.05, 4.69) is 52.7 Å². The summed E-state index contributed by atoms with van der Waals surface area (Å²) in [6, 6.07) is 50.8. The minimum atomic E-state index is 0.588. The summed E-state index contributed by atoms with van der Waals surface area (Å²) in [5.41, 5.74) is 7.84. The molecule has 0 saturated carbocycles. The summed E-state index contributed by atoms with van der Waals surface area (Å²) >= 11 is 0. The number of nitrogens with zero attached hydrogens (tertiary/aromatic N) is 5. The first-order valence-electron chi connectivity index (χ1n) is 15.4. The molecule has 3 heterocycles. The van der Waals surface area contributed by atoms with E-state index in [-0.39, 0.29) is 0 Å². The first-order valence-corrected chi connectivity index (χ1v) is 15.4. The van der Waals surface area contributed by atoms with E-state index in [0.29, 0.717) is 17.5 Å². The van der Waals surface area contributed by atoms with Crippen LogP contribution in [0.2, 0.25) is 0 Å². The third-order valence-electron chi connectivity index (χ3n) is 8.46. The summed E-state index contributed by atoms with van der Waals surface area (Å²) in [5.74, 6) is 1.82.